The van der Waals surface area contributed by atoms with Crippen molar-refractivity contribution in [3.05, 3.63) is 58.6 Å². The molecule has 0 aromatic heterocycles. The maximum atomic E-state index is 10.9. The normalized spacial score (nSPS) is 9.76. The van der Waals surface area contributed by atoms with Crippen LogP contribution in [0.25, 0.3) is 0 Å². The van der Waals surface area contributed by atoms with E-state index in [0.717, 1.165) is 5.69 Å². The van der Waals surface area contributed by atoms with Crippen molar-refractivity contribution in [2.24, 2.45) is 0 Å². The number of nitrogens with zero attached hydrogens (tertiary/aromatic N) is 1. The summed E-state index contributed by atoms with van der Waals surface area (Å²) in [5.74, 6) is 0.688. The molecule has 0 aliphatic heterocycles. The van der Waals surface area contributed by atoms with Gasteiger partial charge in [-0.05, 0) is 30.4 Å². The SMILES string of the molecule is COc1cccc(NC(=S)Nc2ccccc2[N+](=O)[O-])c1. The predicted octanol–water partition coefficient (Wildman–Crippen LogP) is 3.41. The molecule has 2 aromatic carbocycles. The highest BCUT2D eigenvalue weighted by Crippen LogP contribution is 2.23. The Bertz CT molecular complexity index is 676. The highest BCUT2D eigenvalue weighted by Gasteiger charge is 2.13. The van der Waals surface area contributed by atoms with Crippen molar-refractivity contribution in [1.82, 2.24) is 0 Å². The second-order valence-electron chi connectivity index (χ2n) is 4.09. The lowest BCUT2D eigenvalue weighted by molar-refractivity contribution is -0.383. The smallest absolute Gasteiger partial charge is 0.292 e. The minimum absolute atomic E-state index is 0.0349. The fraction of sp³-hybridized carbons (Fsp3) is 0.0714. The molecule has 0 aliphatic carbocycles. The second kappa shape index (κ2) is 6.67. The van der Waals surface area contributed by atoms with Gasteiger partial charge in [-0.2, -0.15) is 0 Å². The maximum Gasteiger partial charge on any atom is 0.292 e. The van der Waals surface area contributed by atoms with Crippen LogP contribution in [0.5, 0.6) is 5.75 Å². The molecule has 0 atom stereocenters. The van der Waals surface area contributed by atoms with Crippen LogP contribution in [0.4, 0.5) is 17.1 Å². The van der Waals surface area contributed by atoms with Crippen molar-refractivity contribution in [3.8, 4) is 5.75 Å². The molecule has 0 amide bonds. The number of anilines is 2. The number of ether oxygens (including phenoxy) is 1. The molecule has 7 heteroatoms. The molecule has 21 heavy (non-hydrogen) atoms. The topological polar surface area (TPSA) is 76.4 Å². The summed E-state index contributed by atoms with van der Waals surface area (Å²) >= 11 is 5.16. The molecule has 2 aromatic rings. The van der Waals surface area contributed by atoms with Gasteiger partial charge in [0.1, 0.15) is 11.4 Å². The standard InChI is InChI=1S/C14H13N3O3S/c1-20-11-6-4-5-10(9-11)15-14(21)16-12-7-2-3-8-13(12)17(18)19/h2-9H,1H3,(H2,15,16,21). The van der Waals surface area contributed by atoms with E-state index < -0.39 is 4.92 Å². The van der Waals surface area contributed by atoms with E-state index >= 15 is 0 Å². The average Bonchev–Trinajstić information content (AvgIpc) is 2.47. The summed E-state index contributed by atoms with van der Waals surface area (Å²) < 4.78 is 5.11. The molecule has 0 unspecified atom stereocenters. The van der Waals surface area contributed by atoms with Crippen molar-refractivity contribution >= 4 is 34.4 Å². The number of benzene rings is 2. The maximum absolute atomic E-state index is 10.9. The lowest BCUT2D eigenvalue weighted by atomic mass is 10.2. The van der Waals surface area contributed by atoms with Gasteiger partial charge < -0.3 is 15.4 Å². The van der Waals surface area contributed by atoms with Gasteiger partial charge in [0.15, 0.2) is 5.11 Å². The highest BCUT2D eigenvalue weighted by atomic mass is 32.1. The lowest BCUT2D eigenvalue weighted by Crippen LogP contribution is -2.19. The molecule has 2 rings (SSSR count). The van der Waals surface area contributed by atoms with Crippen LogP contribution in [0.15, 0.2) is 48.5 Å². The first-order valence-electron chi connectivity index (χ1n) is 6.05. The van der Waals surface area contributed by atoms with Crippen LogP contribution in [0, 0.1) is 10.1 Å². The Morgan fingerprint density at radius 1 is 1.19 bits per heavy atom. The van der Waals surface area contributed by atoms with E-state index in [9.17, 15) is 10.1 Å². The summed E-state index contributed by atoms with van der Waals surface area (Å²) in [6.45, 7) is 0. The first-order valence-corrected chi connectivity index (χ1v) is 6.46. The zero-order valence-corrected chi connectivity index (χ0v) is 12.0. The number of hydrogen-bond donors (Lipinski definition) is 2. The highest BCUT2D eigenvalue weighted by molar-refractivity contribution is 7.80. The quantitative estimate of drug-likeness (QED) is 0.512. The van der Waals surface area contributed by atoms with Gasteiger partial charge in [-0.15, -0.1) is 0 Å². The molecule has 2 N–H and O–H groups in total. The molecule has 0 bridgehead atoms. The number of para-hydroxylation sites is 2. The molecule has 0 heterocycles. The molecule has 0 radical (unpaired) electrons. The number of methoxy groups -OCH3 is 1. The summed E-state index contributed by atoms with van der Waals surface area (Å²) in [5.41, 5.74) is 1.03. The zero-order valence-electron chi connectivity index (χ0n) is 11.2. The van der Waals surface area contributed by atoms with Crippen molar-refractivity contribution in [2.75, 3.05) is 17.7 Å². The number of thiocarbonyl (C=S) groups is 1. The largest absolute Gasteiger partial charge is 0.497 e. The van der Waals surface area contributed by atoms with Crippen LogP contribution in [0.1, 0.15) is 0 Å². The van der Waals surface area contributed by atoms with Gasteiger partial charge in [0.25, 0.3) is 5.69 Å². The van der Waals surface area contributed by atoms with Gasteiger partial charge in [0.2, 0.25) is 0 Å². The van der Waals surface area contributed by atoms with Crippen molar-refractivity contribution in [3.63, 3.8) is 0 Å². The summed E-state index contributed by atoms with van der Waals surface area (Å²) in [4.78, 5) is 10.5. The second-order valence-corrected chi connectivity index (χ2v) is 4.49. The van der Waals surface area contributed by atoms with E-state index in [1.54, 1.807) is 31.4 Å². The van der Waals surface area contributed by atoms with E-state index in [0.29, 0.717) is 11.4 Å². The molecule has 0 spiro atoms. The van der Waals surface area contributed by atoms with Gasteiger partial charge in [-0.25, -0.2) is 0 Å². The van der Waals surface area contributed by atoms with Gasteiger partial charge in [0.05, 0.1) is 12.0 Å². The molecular formula is C14H13N3O3S. The van der Waals surface area contributed by atoms with Crippen molar-refractivity contribution in [1.29, 1.82) is 0 Å². The number of nitro groups is 1. The van der Waals surface area contributed by atoms with E-state index in [1.807, 2.05) is 18.2 Å². The Hall–Kier alpha value is -2.67. The van der Waals surface area contributed by atoms with E-state index in [2.05, 4.69) is 10.6 Å². The first kappa shape index (κ1) is 14.7. The van der Waals surface area contributed by atoms with Gasteiger partial charge >= 0.3 is 0 Å². The van der Waals surface area contributed by atoms with Crippen LogP contribution in [0.2, 0.25) is 0 Å². The minimum atomic E-state index is -0.462. The van der Waals surface area contributed by atoms with Gasteiger partial charge in [-0.1, -0.05) is 18.2 Å². The number of nitro benzene ring substituents is 1. The average molecular weight is 303 g/mol. The lowest BCUT2D eigenvalue weighted by Gasteiger charge is -2.11. The van der Waals surface area contributed by atoms with Crippen LogP contribution < -0.4 is 15.4 Å². The first-order chi connectivity index (χ1) is 10.1. The van der Waals surface area contributed by atoms with Crippen molar-refractivity contribution < 1.29 is 9.66 Å². The molecule has 0 saturated carbocycles. The summed E-state index contributed by atoms with van der Waals surface area (Å²) in [7, 11) is 1.57. The third-order valence-corrected chi connectivity index (χ3v) is 2.88. The zero-order chi connectivity index (χ0) is 15.2. The molecule has 0 fully saturated rings. The van der Waals surface area contributed by atoms with Crippen LogP contribution >= 0.6 is 12.2 Å². The molecule has 0 aliphatic rings. The van der Waals surface area contributed by atoms with Crippen LogP contribution in [-0.2, 0) is 0 Å². The Morgan fingerprint density at radius 3 is 2.67 bits per heavy atom. The van der Waals surface area contributed by atoms with Crippen LogP contribution in [-0.4, -0.2) is 17.1 Å². The number of nitrogens with one attached hydrogen (secondary N) is 2. The predicted molar refractivity (Wildman–Crippen MR) is 85.9 cm³/mol. The third kappa shape index (κ3) is 3.90. The van der Waals surface area contributed by atoms with Crippen LogP contribution in [0.3, 0.4) is 0 Å². The summed E-state index contributed by atoms with van der Waals surface area (Å²) in [6, 6.07) is 13.5. The van der Waals surface area contributed by atoms with E-state index in [4.69, 9.17) is 17.0 Å². The third-order valence-electron chi connectivity index (χ3n) is 2.68. The molecule has 108 valence electrons. The Balaban J connectivity index is 2.10. The Morgan fingerprint density at radius 2 is 1.95 bits per heavy atom. The number of hydrogen-bond acceptors (Lipinski definition) is 4. The molecule has 0 saturated heterocycles. The monoisotopic (exact) mass is 303 g/mol. The van der Waals surface area contributed by atoms with Gasteiger partial charge in [-0.3, -0.25) is 10.1 Å². The van der Waals surface area contributed by atoms with Crippen molar-refractivity contribution in [2.45, 2.75) is 0 Å². The molecule has 6 nitrogen and oxygen atoms in total. The fourth-order valence-electron chi connectivity index (χ4n) is 1.72. The van der Waals surface area contributed by atoms with Gasteiger partial charge in [0, 0.05) is 17.8 Å². The van der Waals surface area contributed by atoms with E-state index in [1.165, 1.54) is 6.07 Å². The summed E-state index contributed by atoms with van der Waals surface area (Å²) in [5, 5.41) is 17.0. The van der Waals surface area contributed by atoms with E-state index in [-0.39, 0.29) is 10.8 Å². The fourth-order valence-corrected chi connectivity index (χ4v) is 1.95. The minimum Gasteiger partial charge on any atom is -0.497 e. The number of rotatable bonds is 4. The summed E-state index contributed by atoms with van der Waals surface area (Å²) in [6.07, 6.45) is 0. The Kier molecular flexibility index (Phi) is 4.68. The Labute approximate surface area is 126 Å². The molecular weight excluding hydrogens is 290 g/mol.